The third kappa shape index (κ3) is 6.45. The topological polar surface area (TPSA) is 50.4 Å². The minimum Gasteiger partial charge on any atom is -0.385 e. The van der Waals surface area contributed by atoms with Gasteiger partial charge < -0.3 is 15.4 Å². The Bertz CT molecular complexity index is 222. The van der Waals surface area contributed by atoms with Crippen molar-refractivity contribution >= 4 is 6.03 Å². The van der Waals surface area contributed by atoms with Crippen LogP contribution >= 0.6 is 0 Å². The number of amides is 2. The fourth-order valence-electron chi connectivity index (χ4n) is 1.33. The zero-order valence-electron chi connectivity index (χ0n) is 10.8. The molecule has 4 nitrogen and oxygen atoms in total. The van der Waals surface area contributed by atoms with Gasteiger partial charge in [0.25, 0.3) is 0 Å². The fraction of sp³-hybridized carbons (Fsp3) is 0.750. The molecule has 1 atom stereocenters. The van der Waals surface area contributed by atoms with Crippen LogP contribution in [0.2, 0.25) is 0 Å². The summed E-state index contributed by atoms with van der Waals surface area (Å²) in [5.41, 5.74) is 0.0179. The molecule has 0 aliphatic rings. The first-order valence-corrected chi connectivity index (χ1v) is 5.56. The summed E-state index contributed by atoms with van der Waals surface area (Å²) in [6.45, 7) is 11.0. The Morgan fingerprint density at radius 1 is 1.50 bits per heavy atom. The SMILES string of the molecule is C=CCNC(=O)NC(CCOC)C(C)(C)C. The molecule has 94 valence electrons. The molecule has 0 aromatic carbocycles. The molecule has 0 aliphatic heterocycles. The highest BCUT2D eigenvalue weighted by molar-refractivity contribution is 5.74. The monoisotopic (exact) mass is 228 g/mol. The van der Waals surface area contributed by atoms with E-state index < -0.39 is 0 Å². The quantitative estimate of drug-likeness (QED) is 0.682. The molecule has 0 saturated heterocycles. The molecule has 0 aromatic rings. The van der Waals surface area contributed by atoms with E-state index in [0.29, 0.717) is 13.2 Å². The number of urea groups is 1. The van der Waals surface area contributed by atoms with E-state index in [1.165, 1.54) is 0 Å². The normalized spacial score (nSPS) is 13.0. The van der Waals surface area contributed by atoms with Crippen LogP contribution in [0, 0.1) is 5.41 Å². The van der Waals surface area contributed by atoms with Crippen molar-refractivity contribution in [2.75, 3.05) is 20.3 Å². The Labute approximate surface area is 98.4 Å². The number of hydrogen-bond donors (Lipinski definition) is 2. The van der Waals surface area contributed by atoms with Gasteiger partial charge in [-0.2, -0.15) is 0 Å². The van der Waals surface area contributed by atoms with Gasteiger partial charge in [0.15, 0.2) is 0 Å². The van der Waals surface area contributed by atoms with E-state index in [9.17, 15) is 4.79 Å². The van der Waals surface area contributed by atoms with Crippen molar-refractivity contribution in [1.82, 2.24) is 10.6 Å². The maximum absolute atomic E-state index is 11.5. The van der Waals surface area contributed by atoms with Crippen LogP contribution in [0.1, 0.15) is 27.2 Å². The summed E-state index contributed by atoms with van der Waals surface area (Å²) in [4.78, 5) is 11.5. The second-order valence-electron chi connectivity index (χ2n) is 4.84. The lowest BCUT2D eigenvalue weighted by Gasteiger charge is -2.31. The highest BCUT2D eigenvalue weighted by Crippen LogP contribution is 2.21. The average molecular weight is 228 g/mol. The first-order valence-electron chi connectivity index (χ1n) is 5.56. The maximum atomic E-state index is 11.5. The number of carbonyl (C=O) groups is 1. The van der Waals surface area contributed by atoms with Crippen LogP contribution in [0.5, 0.6) is 0 Å². The molecule has 4 heteroatoms. The molecule has 0 spiro atoms. The van der Waals surface area contributed by atoms with Gasteiger partial charge in [0.2, 0.25) is 0 Å². The highest BCUT2D eigenvalue weighted by atomic mass is 16.5. The smallest absolute Gasteiger partial charge is 0.315 e. The summed E-state index contributed by atoms with van der Waals surface area (Å²) in [6, 6.07) is -0.0619. The van der Waals surface area contributed by atoms with Crippen molar-refractivity contribution in [3.05, 3.63) is 12.7 Å². The van der Waals surface area contributed by atoms with Gasteiger partial charge in [-0.25, -0.2) is 4.79 Å². The lowest BCUT2D eigenvalue weighted by molar-refractivity contribution is 0.153. The third-order valence-electron chi connectivity index (χ3n) is 2.37. The first kappa shape index (κ1) is 15.0. The molecule has 2 N–H and O–H groups in total. The molecule has 0 heterocycles. The van der Waals surface area contributed by atoms with E-state index >= 15 is 0 Å². The van der Waals surface area contributed by atoms with Gasteiger partial charge >= 0.3 is 6.03 Å². The molecule has 1 unspecified atom stereocenters. The zero-order valence-corrected chi connectivity index (χ0v) is 10.8. The number of ether oxygens (including phenoxy) is 1. The van der Waals surface area contributed by atoms with Gasteiger partial charge in [-0.05, 0) is 11.8 Å². The molecular formula is C12H24N2O2. The van der Waals surface area contributed by atoms with Crippen LogP contribution in [0.4, 0.5) is 4.79 Å². The molecule has 0 fully saturated rings. The second-order valence-corrected chi connectivity index (χ2v) is 4.84. The standard InChI is InChI=1S/C12H24N2O2/c1-6-8-13-11(15)14-10(7-9-16-5)12(2,3)4/h6,10H,1,7-9H2,2-5H3,(H2,13,14,15). The van der Waals surface area contributed by atoms with Crippen molar-refractivity contribution in [2.45, 2.75) is 33.2 Å². The summed E-state index contributed by atoms with van der Waals surface area (Å²) in [6.07, 6.45) is 2.46. The largest absolute Gasteiger partial charge is 0.385 e. The van der Waals surface area contributed by atoms with Gasteiger partial charge in [0.05, 0.1) is 0 Å². The van der Waals surface area contributed by atoms with Crippen LogP contribution in [0.3, 0.4) is 0 Å². The molecule has 0 aliphatic carbocycles. The van der Waals surface area contributed by atoms with Crippen molar-refractivity contribution in [1.29, 1.82) is 0 Å². The molecule has 0 saturated carbocycles. The second kappa shape index (κ2) is 7.28. The zero-order chi connectivity index (χ0) is 12.6. The summed E-state index contributed by atoms with van der Waals surface area (Å²) in [5.74, 6) is 0. The maximum Gasteiger partial charge on any atom is 0.315 e. The minimum atomic E-state index is -0.157. The predicted octanol–water partition coefficient (Wildman–Crippen LogP) is 1.92. The van der Waals surface area contributed by atoms with Gasteiger partial charge in [0, 0.05) is 26.3 Å². The average Bonchev–Trinajstić information content (AvgIpc) is 2.19. The fourth-order valence-corrected chi connectivity index (χ4v) is 1.33. The van der Waals surface area contributed by atoms with E-state index in [0.717, 1.165) is 6.42 Å². The number of hydrogen-bond acceptors (Lipinski definition) is 2. The first-order chi connectivity index (χ1) is 7.41. The lowest BCUT2D eigenvalue weighted by atomic mass is 9.85. The van der Waals surface area contributed by atoms with Gasteiger partial charge in [0.1, 0.15) is 0 Å². The predicted molar refractivity (Wildman–Crippen MR) is 66.5 cm³/mol. The van der Waals surface area contributed by atoms with Crippen LogP contribution in [0.15, 0.2) is 12.7 Å². The molecule has 0 radical (unpaired) electrons. The van der Waals surface area contributed by atoms with Crippen LogP contribution in [-0.2, 0) is 4.74 Å². The van der Waals surface area contributed by atoms with E-state index in [2.05, 4.69) is 38.0 Å². The summed E-state index contributed by atoms with van der Waals surface area (Å²) in [7, 11) is 1.66. The van der Waals surface area contributed by atoms with Gasteiger partial charge in [-0.15, -0.1) is 6.58 Å². The van der Waals surface area contributed by atoms with E-state index in [4.69, 9.17) is 4.74 Å². The molecule has 2 amide bonds. The molecule has 16 heavy (non-hydrogen) atoms. The van der Waals surface area contributed by atoms with Crippen molar-refractivity contribution in [3.63, 3.8) is 0 Å². The Hall–Kier alpha value is -1.03. The van der Waals surface area contributed by atoms with Gasteiger partial charge in [-0.3, -0.25) is 0 Å². The Kier molecular flexibility index (Phi) is 6.81. The molecule has 0 rings (SSSR count). The van der Waals surface area contributed by atoms with E-state index in [-0.39, 0.29) is 17.5 Å². The Morgan fingerprint density at radius 3 is 2.56 bits per heavy atom. The minimum absolute atomic E-state index is 0.0179. The summed E-state index contributed by atoms with van der Waals surface area (Å²) >= 11 is 0. The third-order valence-corrected chi connectivity index (χ3v) is 2.37. The van der Waals surface area contributed by atoms with Gasteiger partial charge in [-0.1, -0.05) is 26.8 Å². The number of rotatable bonds is 6. The summed E-state index contributed by atoms with van der Waals surface area (Å²) < 4.78 is 5.04. The highest BCUT2D eigenvalue weighted by Gasteiger charge is 2.25. The van der Waals surface area contributed by atoms with Crippen LogP contribution in [0.25, 0.3) is 0 Å². The molecular weight excluding hydrogens is 204 g/mol. The molecule has 0 aromatic heterocycles. The lowest BCUT2D eigenvalue weighted by Crippen LogP contribution is -2.48. The van der Waals surface area contributed by atoms with E-state index in [1.54, 1.807) is 13.2 Å². The van der Waals surface area contributed by atoms with Crippen LogP contribution in [-0.4, -0.2) is 32.3 Å². The summed E-state index contributed by atoms with van der Waals surface area (Å²) in [5, 5.41) is 5.65. The van der Waals surface area contributed by atoms with Crippen molar-refractivity contribution < 1.29 is 9.53 Å². The number of nitrogens with one attached hydrogen (secondary N) is 2. The Balaban J connectivity index is 4.20. The molecule has 0 bridgehead atoms. The van der Waals surface area contributed by atoms with Crippen LogP contribution < -0.4 is 10.6 Å². The van der Waals surface area contributed by atoms with Crippen molar-refractivity contribution in [3.8, 4) is 0 Å². The van der Waals surface area contributed by atoms with Crippen molar-refractivity contribution in [2.24, 2.45) is 5.41 Å². The van der Waals surface area contributed by atoms with E-state index in [1.807, 2.05) is 0 Å². The number of carbonyl (C=O) groups excluding carboxylic acids is 1. The Morgan fingerprint density at radius 2 is 2.12 bits per heavy atom. The number of methoxy groups -OCH3 is 1.